The van der Waals surface area contributed by atoms with Crippen molar-refractivity contribution in [3.63, 3.8) is 0 Å². The first kappa shape index (κ1) is 39.2. The number of furan rings is 1. The summed E-state index contributed by atoms with van der Waals surface area (Å²) in [7, 11) is -3.26. The third-order valence-electron chi connectivity index (χ3n) is 17.5. The highest BCUT2D eigenvalue weighted by Crippen LogP contribution is 2.90. The molecule has 0 aromatic carbocycles. The van der Waals surface area contributed by atoms with E-state index < -0.39 is 85.5 Å². The van der Waals surface area contributed by atoms with Crippen molar-refractivity contribution in [3.05, 3.63) is 24.2 Å². The Bertz CT molecular complexity index is 1670. The van der Waals surface area contributed by atoms with Gasteiger partial charge in [0.15, 0.2) is 28.3 Å². The van der Waals surface area contributed by atoms with E-state index in [0.29, 0.717) is 19.3 Å². The van der Waals surface area contributed by atoms with Crippen molar-refractivity contribution in [2.45, 2.75) is 184 Å². The number of ether oxygens (including phenoxy) is 5. The lowest BCUT2D eigenvalue weighted by atomic mass is 9.33. The maximum absolute atomic E-state index is 14.4. The monoisotopic (exact) mass is 788 g/mol. The van der Waals surface area contributed by atoms with Crippen molar-refractivity contribution in [1.82, 2.24) is 0 Å². The molecule has 11 nitrogen and oxygen atoms in total. The standard InChI is InChI=1S/C41H64O11Si2/c1-12-53(13-2,14-3)48-31(26-18-21-46-24-26)34(7)19-20-38-36(9)27(22-29(42)45-11)35(8)25-39(36)40(44,32(35)49-54(15-4,16-5)17-6)33-41(38,28(34)23-30(43)47-33)52-37(10,50-38)51-39/h18,21,24,27-28,31-33,44H,12-17,19-20,22-23,25H2,1-11H3. The van der Waals surface area contributed by atoms with Crippen LogP contribution >= 0.6 is 0 Å². The van der Waals surface area contributed by atoms with Gasteiger partial charge in [-0.3, -0.25) is 9.59 Å². The Labute approximate surface area is 323 Å². The first-order chi connectivity index (χ1) is 25.4. The van der Waals surface area contributed by atoms with E-state index in [2.05, 4.69) is 62.3 Å². The van der Waals surface area contributed by atoms with Gasteiger partial charge in [-0.15, -0.1) is 0 Å². The molecule has 13 atom stereocenters. The number of methoxy groups -OCH3 is 1. The van der Waals surface area contributed by atoms with Gasteiger partial charge in [-0.05, 0) is 67.5 Å². The minimum absolute atomic E-state index is 0.0476. The summed E-state index contributed by atoms with van der Waals surface area (Å²) >= 11 is 0. The van der Waals surface area contributed by atoms with E-state index in [-0.39, 0.29) is 30.7 Å². The zero-order valence-corrected chi connectivity index (χ0v) is 36.4. The number of carbonyl (C=O) groups excluding carboxylic acids is 2. The summed E-state index contributed by atoms with van der Waals surface area (Å²) in [5.41, 5.74) is -7.10. The van der Waals surface area contributed by atoms with Gasteiger partial charge in [-0.1, -0.05) is 62.3 Å². The maximum Gasteiger partial charge on any atom is 0.306 e. The third kappa shape index (κ3) is 4.14. The molecule has 7 fully saturated rings. The highest BCUT2D eigenvalue weighted by Gasteiger charge is 3.04. The lowest BCUT2D eigenvalue weighted by molar-refractivity contribution is -0.478. The Hall–Kier alpha value is -1.59. The molecule has 302 valence electrons. The van der Waals surface area contributed by atoms with E-state index in [1.807, 2.05) is 13.0 Å². The molecule has 3 spiro atoms. The average molecular weight is 789 g/mol. The van der Waals surface area contributed by atoms with Crippen LogP contribution < -0.4 is 0 Å². The van der Waals surface area contributed by atoms with Crippen molar-refractivity contribution in [1.29, 1.82) is 0 Å². The van der Waals surface area contributed by atoms with Crippen molar-refractivity contribution >= 4 is 28.6 Å². The minimum atomic E-state index is -2.44. The summed E-state index contributed by atoms with van der Waals surface area (Å²) in [5, 5.41) is 14.2. The van der Waals surface area contributed by atoms with Crippen LogP contribution in [0.1, 0.15) is 113 Å². The first-order valence-electron chi connectivity index (χ1n) is 20.9. The van der Waals surface area contributed by atoms with Crippen molar-refractivity contribution in [3.8, 4) is 0 Å². The lowest BCUT2D eigenvalue weighted by Crippen LogP contribution is -2.94. The summed E-state index contributed by atoms with van der Waals surface area (Å²) in [4.78, 5) is 28.0. The van der Waals surface area contributed by atoms with E-state index in [1.165, 1.54) is 7.11 Å². The number of aliphatic hydroxyl groups is 1. The first-order valence-corrected chi connectivity index (χ1v) is 25.9. The molecular weight excluding hydrogens is 725 g/mol. The third-order valence-corrected chi connectivity index (χ3v) is 26.7. The number of esters is 2. The molecule has 13 unspecified atom stereocenters. The molecule has 0 amide bonds. The summed E-state index contributed by atoms with van der Waals surface area (Å²) in [6, 6.07) is 7.40. The van der Waals surface area contributed by atoms with Crippen LogP contribution in [0.4, 0.5) is 0 Å². The predicted molar refractivity (Wildman–Crippen MR) is 203 cm³/mol. The Kier molecular flexibility index (Phi) is 8.71. The molecule has 4 bridgehead atoms. The molecule has 4 aliphatic carbocycles. The molecule has 1 N–H and O–H groups in total. The van der Waals surface area contributed by atoms with Gasteiger partial charge < -0.3 is 42.1 Å². The van der Waals surface area contributed by atoms with Gasteiger partial charge >= 0.3 is 11.9 Å². The van der Waals surface area contributed by atoms with Crippen LogP contribution in [-0.4, -0.2) is 81.4 Å². The maximum atomic E-state index is 14.4. The van der Waals surface area contributed by atoms with Gasteiger partial charge in [-0.2, -0.15) is 0 Å². The average Bonchev–Trinajstić information content (AvgIpc) is 3.85. The smallest absolute Gasteiger partial charge is 0.306 e. The van der Waals surface area contributed by atoms with Crippen LogP contribution in [0, 0.1) is 28.1 Å². The number of hydrogen-bond donors (Lipinski definition) is 1. The Morgan fingerprint density at radius 1 is 0.926 bits per heavy atom. The van der Waals surface area contributed by atoms with Crippen LogP contribution in [-0.2, 0) is 42.1 Å². The zero-order chi connectivity index (χ0) is 39.2. The molecule has 3 saturated heterocycles. The second-order valence-electron chi connectivity index (χ2n) is 18.8. The molecule has 54 heavy (non-hydrogen) atoms. The lowest BCUT2D eigenvalue weighted by Gasteiger charge is -2.78. The van der Waals surface area contributed by atoms with E-state index in [4.69, 9.17) is 37.0 Å². The summed E-state index contributed by atoms with van der Waals surface area (Å²) < 4.78 is 55.0. The zero-order valence-electron chi connectivity index (χ0n) is 34.4. The van der Waals surface area contributed by atoms with Crippen LogP contribution in [0.2, 0.25) is 36.3 Å². The van der Waals surface area contributed by atoms with E-state index in [9.17, 15) is 14.7 Å². The number of carbonyl (C=O) groups is 2. The fraction of sp³-hybridized carbons (Fsp3) is 0.854. The number of hydrogen-bond acceptors (Lipinski definition) is 11. The van der Waals surface area contributed by atoms with Gasteiger partial charge in [0.1, 0.15) is 16.8 Å². The highest BCUT2D eigenvalue weighted by atomic mass is 28.4. The topological polar surface area (TPSA) is 132 Å². The summed E-state index contributed by atoms with van der Waals surface area (Å²) in [6.45, 7) is 21.6. The predicted octanol–water partition coefficient (Wildman–Crippen LogP) is 7.79. The Balaban J connectivity index is 1.41. The second kappa shape index (κ2) is 12.0. The fourth-order valence-corrected chi connectivity index (χ4v) is 20.4. The van der Waals surface area contributed by atoms with Crippen LogP contribution in [0.5, 0.6) is 0 Å². The second-order valence-corrected chi connectivity index (χ2v) is 28.3. The van der Waals surface area contributed by atoms with Crippen LogP contribution in [0.15, 0.2) is 23.0 Å². The minimum Gasteiger partial charge on any atom is -0.472 e. The van der Waals surface area contributed by atoms with Gasteiger partial charge in [0, 0.05) is 41.1 Å². The van der Waals surface area contributed by atoms with Crippen LogP contribution in [0.3, 0.4) is 0 Å². The van der Waals surface area contributed by atoms with Crippen molar-refractivity contribution in [2.24, 2.45) is 28.1 Å². The largest absolute Gasteiger partial charge is 0.472 e. The number of fused-ring (bicyclic) bond motifs is 3. The van der Waals surface area contributed by atoms with Gasteiger partial charge in [-0.25, -0.2) is 0 Å². The van der Waals surface area contributed by atoms with Crippen LogP contribution in [0.25, 0.3) is 0 Å². The molecule has 0 radical (unpaired) electrons. The van der Waals surface area contributed by atoms with Crippen molar-refractivity contribution < 1.29 is 51.6 Å². The normalized spacial score (nSPS) is 47.4. The molecule has 4 heterocycles. The molecule has 13 heteroatoms. The summed E-state index contributed by atoms with van der Waals surface area (Å²) in [5.74, 6) is -3.16. The van der Waals surface area contributed by atoms with E-state index in [1.54, 1.807) is 12.5 Å². The Morgan fingerprint density at radius 2 is 1.56 bits per heavy atom. The van der Waals surface area contributed by atoms with Gasteiger partial charge in [0.25, 0.3) is 5.97 Å². The molecule has 4 saturated carbocycles. The van der Waals surface area contributed by atoms with Gasteiger partial charge in [0.05, 0.1) is 38.3 Å². The SMILES string of the molecule is CC[Si](CC)(CC)OC(c1ccoc1)C1(C)CCC23OC4(C)OC25C1CC(=O)OC5C1(O)C(O[Si](CC)(CC)CC)C2(C)CC1(O4)C3(C)C2CC(=O)OC. The highest BCUT2D eigenvalue weighted by molar-refractivity contribution is 6.74. The molecule has 7 aliphatic rings. The molecule has 1 aromatic rings. The fourth-order valence-electron chi connectivity index (χ4n) is 14.6. The quantitative estimate of drug-likeness (QED) is 0.146. The van der Waals surface area contributed by atoms with E-state index >= 15 is 0 Å². The van der Waals surface area contributed by atoms with Gasteiger partial charge in [0.2, 0.25) is 0 Å². The Morgan fingerprint density at radius 3 is 2.13 bits per heavy atom. The summed E-state index contributed by atoms with van der Waals surface area (Å²) in [6.07, 6.45) is 2.79. The van der Waals surface area contributed by atoms with Crippen molar-refractivity contribution in [2.75, 3.05) is 7.11 Å². The number of rotatable bonds is 14. The molecule has 8 rings (SSSR count). The van der Waals surface area contributed by atoms with E-state index in [0.717, 1.165) is 41.8 Å². The molecule has 1 aromatic heterocycles. The molecule has 3 aliphatic heterocycles. The molecular formula is C41H64O11Si2.